The van der Waals surface area contributed by atoms with E-state index in [9.17, 15) is 19.2 Å². The van der Waals surface area contributed by atoms with E-state index in [1.165, 1.54) is 17.2 Å². The minimum atomic E-state index is -0.747. The third-order valence-corrected chi connectivity index (χ3v) is 7.23. The molecule has 2 unspecified atom stereocenters. The molecular weight excluding hydrogens is 574 g/mol. The molecule has 43 heavy (non-hydrogen) atoms. The number of carbonyl (C=O) groups excluding carboxylic acids is 4. The molecule has 11 nitrogen and oxygen atoms in total. The molecule has 2 aliphatic rings. The molecule has 224 valence electrons. The molecule has 2 aromatic carbocycles. The second-order valence-corrected chi connectivity index (χ2v) is 11.8. The average molecular weight is 606 g/mol. The van der Waals surface area contributed by atoms with Gasteiger partial charge in [-0.15, -0.1) is 0 Å². The summed E-state index contributed by atoms with van der Waals surface area (Å²) in [5.41, 5.74) is 6.74. The van der Waals surface area contributed by atoms with E-state index in [4.69, 9.17) is 31.5 Å². The largest absolute Gasteiger partial charge is 0.487 e. The Bertz CT molecular complexity index is 1580. The summed E-state index contributed by atoms with van der Waals surface area (Å²) < 4.78 is 11.8. The first-order valence-electron chi connectivity index (χ1n) is 13.8. The lowest BCUT2D eigenvalue weighted by molar-refractivity contribution is -0.123. The predicted molar refractivity (Wildman–Crippen MR) is 159 cm³/mol. The highest BCUT2D eigenvalue weighted by atomic mass is 35.5. The van der Waals surface area contributed by atoms with Crippen molar-refractivity contribution in [1.29, 1.82) is 0 Å². The van der Waals surface area contributed by atoms with Crippen LogP contribution in [0, 0.1) is 0 Å². The van der Waals surface area contributed by atoms with Crippen molar-refractivity contribution < 1.29 is 28.3 Å². The van der Waals surface area contributed by atoms with E-state index in [2.05, 4.69) is 5.32 Å². The lowest BCUT2D eigenvalue weighted by Gasteiger charge is -2.35. The van der Waals surface area contributed by atoms with Crippen molar-refractivity contribution in [1.82, 2.24) is 15.1 Å². The summed E-state index contributed by atoms with van der Waals surface area (Å²) in [7, 11) is 0. The van der Waals surface area contributed by atoms with Crippen LogP contribution in [-0.4, -0.2) is 64.5 Å². The number of nitrogens with zero attached hydrogens (tertiary/aromatic N) is 3. The Morgan fingerprint density at radius 2 is 1.86 bits per heavy atom. The molecule has 3 aromatic rings. The van der Waals surface area contributed by atoms with Crippen molar-refractivity contribution in [2.75, 3.05) is 19.6 Å². The van der Waals surface area contributed by atoms with Crippen LogP contribution >= 0.6 is 11.6 Å². The van der Waals surface area contributed by atoms with E-state index in [1.54, 1.807) is 41.5 Å². The lowest BCUT2D eigenvalue weighted by atomic mass is 9.95. The molecule has 0 radical (unpaired) electrons. The number of halogens is 1. The van der Waals surface area contributed by atoms with Crippen LogP contribution in [0.25, 0.3) is 0 Å². The van der Waals surface area contributed by atoms with E-state index in [1.807, 2.05) is 32.9 Å². The fourth-order valence-electron chi connectivity index (χ4n) is 5.15. The van der Waals surface area contributed by atoms with Gasteiger partial charge in [0.15, 0.2) is 5.78 Å². The molecule has 0 spiro atoms. The van der Waals surface area contributed by atoms with Crippen molar-refractivity contribution in [3.8, 4) is 5.75 Å². The second-order valence-electron chi connectivity index (χ2n) is 11.4. The standard InChI is InChI=1S/C31H32ClN5O6/c1-31(2,3)43-24-14-19(23(38)15-25(33)39)6-9-22(24)29-35-27(18-4-7-21(32)8-5-18)28(20-10-13-42-17-20)37(29)30(41)36-12-11-34-26(40)16-36/h4-10,13-14,17,27-28H,11-12,15-16H2,1-3H3,(H2,33,39)(H,34,40). The molecule has 2 aliphatic heterocycles. The van der Waals surface area contributed by atoms with Crippen LogP contribution in [0.1, 0.15) is 66.3 Å². The highest BCUT2D eigenvalue weighted by molar-refractivity contribution is 6.30. The van der Waals surface area contributed by atoms with Crippen molar-refractivity contribution in [3.63, 3.8) is 0 Å². The third kappa shape index (κ3) is 6.56. The number of aliphatic imine (C=N–C) groups is 1. The van der Waals surface area contributed by atoms with Gasteiger partial charge in [0.25, 0.3) is 0 Å². The van der Waals surface area contributed by atoms with Gasteiger partial charge in [0.2, 0.25) is 11.8 Å². The number of primary amides is 1. The fourth-order valence-corrected chi connectivity index (χ4v) is 5.27. The Morgan fingerprint density at radius 3 is 2.49 bits per heavy atom. The minimum Gasteiger partial charge on any atom is -0.487 e. The van der Waals surface area contributed by atoms with E-state index in [0.717, 1.165) is 5.56 Å². The molecule has 4 amide bonds. The molecule has 3 N–H and O–H groups in total. The monoisotopic (exact) mass is 605 g/mol. The average Bonchev–Trinajstić information content (AvgIpc) is 3.60. The number of urea groups is 1. The number of Topliss-reactive ketones (excluding diaryl/α,β-unsaturated/α-hetero) is 1. The number of nitrogens with two attached hydrogens (primary N) is 1. The van der Waals surface area contributed by atoms with E-state index >= 15 is 0 Å². The summed E-state index contributed by atoms with van der Waals surface area (Å²) in [5.74, 6) is -0.897. The van der Waals surface area contributed by atoms with Gasteiger partial charge >= 0.3 is 6.03 Å². The van der Waals surface area contributed by atoms with Gasteiger partial charge in [0.05, 0.1) is 30.6 Å². The highest BCUT2D eigenvalue weighted by Crippen LogP contribution is 2.45. The Labute approximate surface area is 253 Å². The molecule has 0 saturated carbocycles. The first-order chi connectivity index (χ1) is 20.4. The van der Waals surface area contributed by atoms with Gasteiger partial charge in [-0.25, -0.2) is 4.79 Å². The molecule has 1 saturated heterocycles. The number of amidine groups is 1. The summed E-state index contributed by atoms with van der Waals surface area (Å²) in [6, 6.07) is 12.1. The van der Waals surface area contributed by atoms with Crippen LogP contribution < -0.4 is 15.8 Å². The minimum absolute atomic E-state index is 0.113. The number of ketones is 1. The highest BCUT2D eigenvalue weighted by Gasteiger charge is 2.45. The Morgan fingerprint density at radius 1 is 1.12 bits per heavy atom. The van der Waals surface area contributed by atoms with Crippen molar-refractivity contribution >= 4 is 41.1 Å². The van der Waals surface area contributed by atoms with Gasteiger partial charge in [-0.1, -0.05) is 29.8 Å². The molecule has 5 rings (SSSR count). The Hall–Kier alpha value is -4.64. The number of hydrogen-bond acceptors (Lipinski definition) is 7. The SMILES string of the molecule is CC(C)(C)Oc1cc(C(=O)CC(N)=O)ccc1C1=NC(c2ccc(Cl)cc2)C(c2ccoc2)N1C(=O)N1CCNC(=O)C1. The van der Waals surface area contributed by atoms with Crippen LogP contribution in [0.3, 0.4) is 0 Å². The van der Waals surface area contributed by atoms with Gasteiger partial charge in [-0.2, -0.15) is 0 Å². The summed E-state index contributed by atoms with van der Waals surface area (Å²) in [4.78, 5) is 59.0. The molecule has 3 heterocycles. The smallest absolute Gasteiger partial charge is 0.326 e. The number of furan rings is 1. The molecule has 1 aromatic heterocycles. The number of carbonyl (C=O) groups is 4. The van der Waals surface area contributed by atoms with Gasteiger partial charge in [-0.05, 0) is 56.7 Å². The Balaban J connectivity index is 1.69. The molecule has 0 bridgehead atoms. The van der Waals surface area contributed by atoms with Crippen molar-refractivity contribution in [2.24, 2.45) is 10.7 Å². The number of rotatable bonds is 7. The molecular formula is C31H32ClN5O6. The number of ether oxygens (including phenoxy) is 1. The molecule has 0 aliphatic carbocycles. The normalized spacial score (nSPS) is 18.7. The summed E-state index contributed by atoms with van der Waals surface area (Å²) >= 11 is 6.19. The number of piperazine rings is 1. The first kappa shape index (κ1) is 29.8. The van der Waals surface area contributed by atoms with Crippen LogP contribution in [0.15, 0.2) is 70.5 Å². The number of benzene rings is 2. The van der Waals surface area contributed by atoms with E-state index < -0.39 is 41.8 Å². The fraction of sp³-hybridized carbons (Fsp3) is 0.323. The van der Waals surface area contributed by atoms with Crippen molar-refractivity contribution in [3.05, 3.63) is 88.3 Å². The van der Waals surface area contributed by atoms with Gasteiger partial charge < -0.3 is 25.1 Å². The van der Waals surface area contributed by atoms with E-state index in [-0.39, 0.29) is 23.9 Å². The van der Waals surface area contributed by atoms with E-state index in [0.29, 0.717) is 35.0 Å². The quantitative estimate of drug-likeness (QED) is 0.304. The zero-order valence-electron chi connectivity index (χ0n) is 24.0. The van der Waals surface area contributed by atoms with Crippen molar-refractivity contribution in [2.45, 2.75) is 44.9 Å². The zero-order chi connectivity index (χ0) is 30.9. The third-order valence-electron chi connectivity index (χ3n) is 6.97. The second kappa shape index (κ2) is 11.9. The predicted octanol–water partition coefficient (Wildman–Crippen LogP) is 4.27. The van der Waals surface area contributed by atoms with Crippen LogP contribution in [0.5, 0.6) is 5.75 Å². The maximum absolute atomic E-state index is 14.4. The Kier molecular flexibility index (Phi) is 8.27. The molecule has 2 atom stereocenters. The number of hydrogen-bond donors (Lipinski definition) is 2. The van der Waals surface area contributed by atoms with Gasteiger partial charge in [-0.3, -0.25) is 24.3 Å². The van der Waals surface area contributed by atoms with Crippen LogP contribution in [-0.2, 0) is 9.59 Å². The molecule has 1 fully saturated rings. The maximum atomic E-state index is 14.4. The topological polar surface area (TPSA) is 148 Å². The first-order valence-corrected chi connectivity index (χ1v) is 14.1. The summed E-state index contributed by atoms with van der Waals surface area (Å²) in [6.45, 7) is 6.07. The summed E-state index contributed by atoms with van der Waals surface area (Å²) in [5, 5.41) is 3.30. The lowest BCUT2D eigenvalue weighted by Crippen LogP contribution is -2.55. The maximum Gasteiger partial charge on any atom is 0.326 e. The van der Waals surface area contributed by atoms with Gasteiger partial charge in [0.1, 0.15) is 29.8 Å². The number of amides is 4. The zero-order valence-corrected chi connectivity index (χ0v) is 24.8. The van der Waals surface area contributed by atoms with Crippen LogP contribution in [0.2, 0.25) is 5.02 Å². The number of nitrogens with one attached hydrogen (secondary N) is 1. The van der Waals surface area contributed by atoms with Crippen LogP contribution in [0.4, 0.5) is 4.79 Å². The summed E-state index contributed by atoms with van der Waals surface area (Å²) in [6.07, 6.45) is 2.63. The molecule has 12 heteroatoms. The van der Waals surface area contributed by atoms with Gasteiger partial charge in [0, 0.05) is 29.2 Å².